The van der Waals surface area contributed by atoms with Gasteiger partial charge in [0.2, 0.25) is 0 Å². The second-order valence-corrected chi connectivity index (χ2v) is 8.61. The molecule has 1 N–H and O–H groups in total. The van der Waals surface area contributed by atoms with Crippen LogP contribution >= 0.6 is 11.6 Å². The van der Waals surface area contributed by atoms with Gasteiger partial charge in [-0.3, -0.25) is 4.90 Å². The van der Waals surface area contributed by atoms with Gasteiger partial charge in [0.1, 0.15) is 11.6 Å². The van der Waals surface area contributed by atoms with Crippen LogP contribution in [-0.4, -0.2) is 36.1 Å². The molecule has 0 radical (unpaired) electrons. The maximum Gasteiger partial charge on any atom is 0.340 e. The van der Waals surface area contributed by atoms with Gasteiger partial charge in [-0.1, -0.05) is 42.3 Å². The van der Waals surface area contributed by atoms with Crippen LogP contribution in [0.3, 0.4) is 0 Å². The van der Waals surface area contributed by atoms with E-state index < -0.39 is 5.97 Å². The van der Waals surface area contributed by atoms with Crippen LogP contribution in [0.1, 0.15) is 40.7 Å². The van der Waals surface area contributed by atoms with Gasteiger partial charge < -0.3 is 10.1 Å². The molecule has 172 valence electrons. The third-order valence-electron chi connectivity index (χ3n) is 5.91. The van der Waals surface area contributed by atoms with Gasteiger partial charge in [0, 0.05) is 24.8 Å². The van der Waals surface area contributed by atoms with Crippen molar-refractivity contribution in [1.82, 2.24) is 9.88 Å². The van der Waals surface area contributed by atoms with Gasteiger partial charge in [-0.2, -0.15) is 0 Å². The Balaban J connectivity index is 1.46. The molecule has 1 saturated heterocycles. The summed E-state index contributed by atoms with van der Waals surface area (Å²) in [7, 11) is 1.29. The van der Waals surface area contributed by atoms with Crippen molar-refractivity contribution in [3.05, 3.63) is 82.3 Å². The van der Waals surface area contributed by atoms with Crippen LogP contribution in [0, 0.1) is 5.82 Å². The number of rotatable bonds is 7. The number of nitrogens with zero attached hydrogens (tertiary/aromatic N) is 2. The molecule has 2 aromatic carbocycles. The van der Waals surface area contributed by atoms with E-state index in [1.165, 1.54) is 38.0 Å². The molecule has 3 aromatic rings. The fraction of sp³-hybridized carbons (Fsp3) is 0.308. The molecule has 2 heterocycles. The lowest BCUT2D eigenvalue weighted by atomic mass is 9.98. The normalized spacial score (nSPS) is 14.2. The Morgan fingerprint density at radius 2 is 1.97 bits per heavy atom. The van der Waals surface area contributed by atoms with E-state index in [0.717, 1.165) is 25.5 Å². The van der Waals surface area contributed by atoms with Crippen molar-refractivity contribution in [3.63, 3.8) is 0 Å². The standard InChI is InChI=1S/C26H27ClFN3O2/c1-33-26(32)25-21(6-5-7-22(25)27)19-8-9-20(23(28)15-19)16-30-24-14-18(10-11-29-24)17-31-12-3-2-4-13-31/h5-11,14-15H,2-4,12-13,16-17H2,1H3,(H,29,30). The summed E-state index contributed by atoms with van der Waals surface area (Å²) in [4.78, 5) is 19.0. The van der Waals surface area contributed by atoms with Crippen LogP contribution in [0.25, 0.3) is 11.1 Å². The lowest BCUT2D eigenvalue weighted by Crippen LogP contribution is -2.29. The fourth-order valence-corrected chi connectivity index (χ4v) is 4.41. The van der Waals surface area contributed by atoms with Crippen molar-refractivity contribution in [2.75, 3.05) is 25.5 Å². The van der Waals surface area contributed by atoms with Crippen molar-refractivity contribution in [1.29, 1.82) is 0 Å². The quantitative estimate of drug-likeness (QED) is 0.437. The van der Waals surface area contributed by atoms with E-state index in [2.05, 4.69) is 15.2 Å². The Labute approximate surface area is 198 Å². The summed E-state index contributed by atoms with van der Waals surface area (Å²) in [6, 6.07) is 14.0. The largest absolute Gasteiger partial charge is 0.465 e. The molecule has 0 amide bonds. The van der Waals surface area contributed by atoms with Crippen LogP contribution < -0.4 is 5.32 Å². The molecule has 0 spiro atoms. The molecular formula is C26H27ClFN3O2. The minimum Gasteiger partial charge on any atom is -0.465 e. The maximum atomic E-state index is 14.9. The summed E-state index contributed by atoms with van der Waals surface area (Å²) in [6.45, 7) is 3.47. The molecule has 0 aliphatic carbocycles. The molecule has 1 aliphatic heterocycles. The number of carbonyl (C=O) groups is 1. The molecule has 0 atom stereocenters. The van der Waals surface area contributed by atoms with Gasteiger partial charge in [-0.25, -0.2) is 14.2 Å². The van der Waals surface area contributed by atoms with E-state index in [4.69, 9.17) is 16.3 Å². The molecule has 0 bridgehead atoms. The number of hydrogen-bond donors (Lipinski definition) is 1. The number of nitrogens with one attached hydrogen (secondary N) is 1. The predicted molar refractivity (Wildman–Crippen MR) is 129 cm³/mol. The fourth-order valence-electron chi connectivity index (χ4n) is 4.16. The van der Waals surface area contributed by atoms with Crippen LogP contribution in [0.15, 0.2) is 54.7 Å². The van der Waals surface area contributed by atoms with Gasteiger partial charge in [-0.05, 0) is 66.9 Å². The van der Waals surface area contributed by atoms with E-state index in [0.29, 0.717) is 23.2 Å². The van der Waals surface area contributed by atoms with Crippen molar-refractivity contribution in [2.24, 2.45) is 0 Å². The zero-order valence-electron chi connectivity index (χ0n) is 18.6. The summed E-state index contributed by atoms with van der Waals surface area (Å²) < 4.78 is 19.8. The van der Waals surface area contributed by atoms with Gasteiger partial charge in [0.05, 0.1) is 17.7 Å². The number of carbonyl (C=O) groups excluding carboxylic acids is 1. The van der Waals surface area contributed by atoms with Crippen LogP contribution in [-0.2, 0) is 17.8 Å². The highest BCUT2D eigenvalue weighted by molar-refractivity contribution is 6.34. The first kappa shape index (κ1) is 23.2. The first-order valence-corrected chi connectivity index (χ1v) is 11.5. The Bertz CT molecular complexity index is 1130. The number of piperidine rings is 1. The second-order valence-electron chi connectivity index (χ2n) is 8.20. The molecule has 7 heteroatoms. The Morgan fingerprint density at radius 3 is 2.73 bits per heavy atom. The first-order valence-electron chi connectivity index (χ1n) is 11.1. The molecule has 4 rings (SSSR count). The number of aromatic nitrogens is 1. The minimum atomic E-state index is -0.558. The van der Waals surface area contributed by atoms with Crippen LogP contribution in [0.5, 0.6) is 0 Å². The third-order valence-corrected chi connectivity index (χ3v) is 6.22. The lowest BCUT2D eigenvalue weighted by Gasteiger charge is -2.26. The smallest absolute Gasteiger partial charge is 0.340 e. The number of ether oxygens (including phenoxy) is 1. The molecule has 33 heavy (non-hydrogen) atoms. The maximum absolute atomic E-state index is 14.9. The summed E-state index contributed by atoms with van der Waals surface area (Å²) in [5, 5.41) is 3.49. The van der Waals surface area contributed by atoms with Crippen molar-refractivity contribution < 1.29 is 13.9 Å². The Hall–Kier alpha value is -2.96. The number of esters is 1. The highest BCUT2D eigenvalue weighted by Crippen LogP contribution is 2.31. The van der Waals surface area contributed by atoms with Crippen molar-refractivity contribution in [3.8, 4) is 11.1 Å². The van der Waals surface area contributed by atoms with Crippen LogP contribution in [0.4, 0.5) is 10.2 Å². The average molecular weight is 468 g/mol. The number of hydrogen-bond acceptors (Lipinski definition) is 5. The van der Waals surface area contributed by atoms with Crippen molar-refractivity contribution in [2.45, 2.75) is 32.4 Å². The molecule has 1 fully saturated rings. The van der Waals surface area contributed by atoms with E-state index in [9.17, 15) is 9.18 Å². The second kappa shape index (κ2) is 10.8. The van der Waals surface area contributed by atoms with Gasteiger partial charge in [-0.15, -0.1) is 0 Å². The Kier molecular flexibility index (Phi) is 7.57. The van der Waals surface area contributed by atoms with E-state index in [-0.39, 0.29) is 16.4 Å². The predicted octanol–water partition coefficient (Wildman–Crippen LogP) is 5.93. The molecule has 1 aromatic heterocycles. The third kappa shape index (κ3) is 5.70. The minimum absolute atomic E-state index is 0.224. The molecular weight excluding hydrogens is 441 g/mol. The summed E-state index contributed by atoms with van der Waals surface area (Å²) >= 11 is 6.20. The number of halogens is 2. The van der Waals surface area contributed by atoms with E-state index in [1.54, 1.807) is 36.5 Å². The van der Waals surface area contributed by atoms with Gasteiger partial charge in [0.25, 0.3) is 0 Å². The van der Waals surface area contributed by atoms with E-state index >= 15 is 0 Å². The number of benzene rings is 2. The molecule has 1 aliphatic rings. The first-order chi connectivity index (χ1) is 16.0. The Morgan fingerprint density at radius 1 is 1.15 bits per heavy atom. The SMILES string of the molecule is COC(=O)c1c(Cl)cccc1-c1ccc(CNc2cc(CN3CCCCC3)ccn2)c(F)c1. The average Bonchev–Trinajstić information content (AvgIpc) is 2.83. The van der Waals surface area contributed by atoms with Crippen molar-refractivity contribution >= 4 is 23.4 Å². The van der Waals surface area contributed by atoms with E-state index in [1.807, 2.05) is 12.1 Å². The highest BCUT2D eigenvalue weighted by Gasteiger charge is 2.18. The van der Waals surface area contributed by atoms with Crippen LogP contribution in [0.2, 0.25) is 5.02 Å². The van der Waals surface area contributed by atoms with Gasteiger partial charge in [0.15, 0.2) is 0 Å². The summed E-state index contributed by atoms with van der Waals surface area (Å²) in [6.07, 6.45) is 5.60. The zero-order valence-corrected chi connectivity index (χ0v) is 19.4. The number of pyridine rings is 1. The zero-order chi connectivity index (χ0) is 23.2. The number of methoxy groups -OCH3 is 1. The summed E-state index contributed by atoms with van der Waals surface area (Å²) in [5.41, 5.74) is 3.01. The monoisotopic (exact) mass is 467 g/mol. The summed E-state index contributed by atoms with van der Waals surface area (Å²) in [5.74, 6) is -0.215. The van der Waals surface area contributed by atoms with Gasteiger partial charge >= 0.3 is 5.97 Å². The topological polar surface area (TPSA) is 54.5 Å². The lowest BCUT2D eigenvalue weighted by molar-refractivity contribution is 0.0602. The molecule has 0 saturated carbocycles. The molecule has 0 unspecified atom stereocenters. The number of anilines is 1. The molecule has 5 nitrogen and oxygen atoms in total. The highest BCUT2D eigenvalue weighted by atomic mass is 35.5. The number of likely N-dealkylation sites (tertiary alicyclic amines) is 1.